The highest BCUT2D eigenvalue weighted by Crippen LogP contribution is 2.29. The maximum Gasteiger partial charge on any atom is 0.256 e. The van der Waals surface area contributed by atoms with E-state index in [0.29, 0.717) is 12.1 Å². The first-order valence-corrected chi connectivity index (χ1v) is 9.31. The number of carbonyl (C=O) groups is 1. The molecule has 3 aromatic rings. The third-order valence-electron chi connectivity index (χ3n) is 4.59. The van der Waals surface area contributed by atoms with Crippen LogP contribution in [0.15, 0.2) is 47.4 Å². The van der Waals surface area contributed by atoms with Crippen molar-refractivity contribution in [2.75, 3.05) is 13.3 Å². The molecule has 0 bridgehead atoms. The van der Waals surface area contributed by atoms with Crippen molar-refractivity contribution in [2.24, 2.45) is 7.05 Å². The Bertz CT molecular complexity index is 946. The summed E-state index contributed by atoms with van der Waals surface area (Å²) >= 11 is 1.69. The van der Waals surface area contributed by atoms with Crippen LogP contribution in [0.2, 0.25) is 0 Å². The van der Waals surface area contributed by atoms with Gasteiger partial charge in [-0.25, -0.2) is 0 Å². The minimum absolute atomic E-state index is 0.0387. The number of phenolic OH excluding ortho intramolecular Hbond substituents is 1. The molecule has 0 saturated carbocycles. The van der Waals surface area contributed by atoms with Gasteiger partial charge in [0.05, 0.1) is 5.56 Å². The number of aromatic hydroxyl groups is 1. The lowest BCUT2D eigenvalue weighted by Crippen LogP contribution is -2.26. The Morgan fingerprint density at radius 1 is 1.24 bits per heavy atom. The lowest BCUT2D eigenvalue weighted by molar-refractivity contribution is 0.0786. The highest BCUT2D eigenvalue weighted by atomic mass is 32.2. The number of nitrogens with zero attached hydrogens (tertiary/aromatic N) is 2. The molecule has 2 aromatic carbocycles. The van der Waals surface area contributed by atoms with Crippen molar-refractivity contribution in [3.05, 3.63) is 59.3 Å². The zero-order valence-electron chi connectivity index (χ0n) is 14.9. The van der Waals surface area contributed by atoms with Gasteiger partial charge in [0.1, 0.15) is 5.75 Å². The second kappa shape index (κ2) is 6.84. The Hall–Kier alpha value is -2.40. The number of hydrogen-bond acceptors (Lipinski definition) is 3. The molecule has 0 spiro atoms. The zero-order chi connectivity index (χ0) is 18.1. The maximum absolute atomic E-state index is 13.1. The molecule has 0 unspecified atom stereocenters. The van der Waals surface area contributed by atoms with E-state index < -0.39 is 0 Å². The number of hydrogen-bond donors (Lipinski definition) is 1. The third-order valence-corrected chi connectivity index (χ3v) is 5.32. The Kier molecular flexibility index (Phi) is 4.77. The molecule has 25 heavy (non-hydrogen) atoms. The summed E-state index contributed by atoms with van der Waals surface area (Å²) in [6, 6.07) is 13.4. The fourth-order valence-corrected chi connectivity index (χ4v) is 3.62. The highest BCUT2D eigenvalue weighted by Gasteiger charge is 2.22. The number of fused-ring (bicyclic) bond motifs is 1. The zero-order valence-corrected chi connectivity index (χ0v) is 15.7. The molecule has 0 aliphatic rings. The predicted octanol–water partition coefficient (Wildman–Crippen LogP) is 4.19. The van der Waals surface area contributed by atoms with Crippen molar-refractivity contribution in [3.63, 3.8) is 0 Å². The van der Waals surface area contributed by atoms with Crippen molar-refractivity contribution in [1.82, 2.24) is 9.47 Å². The Labute approximate surface area is 152 Å². The van der Waals surface area contributed by atoms with Crippen LogP contribution < -0.4 is 0 Å². The van der Waals surface area contributed by atoms with Gasteiger partial charge in [-0.3, -0.25) is 4.79 Å². The lowest BCUT2D eigenvalue weighted by Gasteiger charge is -2.18. The van der Waals surface area contributed by atoms with E-state index in [2.05, 4.69) is 12.1 Å². The Balaban J connectivity index is 1.96. The average molecular weight is 354 g/mol. The molecular weight excluding hydrogens is 332 g/mol. The van der Waals surface area contributed by atoms with Crippen LogP contribution in [0, 0.1) is 6.92 Å². The summed E-state index contributed by atoms with van der Waals surface area (Å²) in [6.45, 7) is 2.48. The smallest absolute Gasteiger partial charge is 0.256 e. The van der Waals surface area contributed by atoms with Gasteiger partial charge >= 0.3 is 0 Å². The SMILES string of the molecule is CSc1cccc(CN(C)C(=O)c2c(C)n(C)c3ccc(O)cc23)c1. The van der Waals surface area contributed by atoms with Gasteiger partial charge in [-0.1, -0.05) is 12.1 Å². The van der Waals surface area contributed by atoms with Crippen molar-refractivity contribution in [1.29, 1.82) is 0 Å². The van der Waals surface area contributed by atoms with Gasteiger partial charge in [-0.2, -0.15) is 0 Å². The van der Waals surface area contributed by atoms with Crippen LogP contribution in [-0.2, 0) is 13.6 Å². The number of aryl methyl sites for hydroxylation is 1. The number of rotatable bonds is 4. The van der Waals surface area contributed by atoms with E-state index in [9.17, 15) is 9.90 Å². The molecule has 0 aliphatic carbocycles. The van der Waals surface area contributed by atoms with Gasteiger partial charge in [0, 0.05) is 42.1 Å². The average Bonchev–Trinajstić information content (AvgIpc) is 2.84. The Morgan fingerprint density at radius 2 is 2.00 bits per heavy atom. The van der Waals surface area contributed by atoms with Crippen LogP contribution in [0.3, 0.4) is 0 Å². The third kappa shape index (κ3) is 3.24. The molecule has 1 aromatic heterocycles. The Morgan fingerprint density at radius 3 is 2.72 bits per heavy atom. The second-order valence-electron chi connectivity index (χ2n) is 6.23. The number of phenols is 1. The molecule has 3 rings (SSSR count). The van der Waals surface area contributed by atoms with Gasteiger partial charge in [-0.05, 0) is 49.1 Å². The van der Waals surface area contributed by atoms with E-state index >= 15 is 0 Å². The summed E-state index contributed by atoms with van der Waals surface area (Å²) in [6.07, 6.45) is 2.04. The fourth-order valence-electron chi connectivity index (χ4n) is 3.14. The van der Waals surface area contributed by atoms with Crippen molar-refractivity contribution < 1.29 is 9.90 Å². The van der Waals surface area contributed by atoms with E-state index in [1.807, 2.05) is 50.0 Å². The molecular formula is C20H22N2O2S. The monoisotopic (exact) mass is 354 g/mol. The first-order chi connectivity index (χ1) is 11.9. The molecule has 1 N–H and O–H groups in total. The van der Waals surface area contributed by atoms with Gasteiger partial charge in [0.15, 0.2) is 0 Å². The van der Waals surface area contributed by atoms with Crippen molar-refractivity contribution in [2.45, 2.75) is 18.4 Å². The topological polar surface area (TPSA) is 45.5 Å². The van der Waals surface area contributed by atoms with Gasteiger partial charge in [-0.15, -0.1) is 11.8 Å². The van der Waals surface area contributed by atoms with E-state index in [0.717, 1.165) is 22.2 Å². The van der Waals surface area contributed by atoms with Crippen molar-refractivity contribution in [3.8, 4) is 5.75 Å². The second-order valence-corrected chi connectivity index (χ2v) is 7.11. The normalized spacial score (nSPS) is 11.0. The summed E-state index contributed by atoms with van der Waals surface area (Å²) < 4.78 is 1.99. The fraction of sp³-hybridized carbons (Fsp3) is 0.250. The largest absolute Gasteiger partial charge is 0.508 e. The molecule has 0 atom stereocenters. The van der Waals surface area contributed by atoms with E-state index in [4.69, 9.17) is 0 Å². The quantitative estimate of drug-likeness (QED) is 0.715. The van der Waals surface area contributed by atoms with Gasteiger partial charge < -0.3 is 14.6 Å². The number of thioether (sulfide) groups is 1. The molecule has 0 fully saturated rings. The predicted molar refractivity (Wildman–Crippen MR) is 103 cm³/mol. The summed E-state index contributed by atoms with van der Waals surface area (Å²) in [7, 11) is 3.75. The van der Waals surface area contributed by atoms with Gasteiger partial charge in [0.25, 0.3) is 5.91 Å². The molecule has 5 heteroatoms. The van der Waals surface area contributed by atoms with Crippen LogP contribution in [0.5, 0.6) is 5.75 Å². The molecule has 0 radical (unpaired) electrons. The number of benzene rings is 2. The van der Waals surface area contributed by atoms with Crippen molar-refractivity contribution >= 4 is 28.6 Å². The number of amides is 1. The molecule has 0 aliphatic heterocycles. The van der Waals surface area contributed by atoms with E-state index in [1.165, 1.54) is 4.90 Å². The molecule has 0 saturated heterocycles. The molecule has 1 heterocycles. The highest BCUT2D eigenvalue weighted by molar-refractivity contribution is 7.98. The van der Waals surface area contributed by atoms with E-state index in [-0.39, 0.29) is 11.7 Å². The maximum atomic E-state index is 13.1. The van der Waals surface area contributed by atoms with Crippen LogP contribution in [0.1, 0.15) is 21.6 Å². The van der Waals surface area contributed by atoms with Crippen LogP contribution in [0.25, 0.3) is 10.9 Å². The summed E-state index contributed by atoms with van der Waals surface area (Å²) in [4.78, 5) is 16.0. The van der Waals surface area contributed by atoms with Crippen LogP contribution >= 0.6 is 11.8 Å². The lowest BCUT2D eigenvalue weighted by atomic mass is 10.1. The van der Waals surface area contributed by atoms with E-state index in [1.54, 1.807) is 28.8 Å². The summed E-state index contributed by atoms with van der Waals surface area (Å²) in [5, 5.41) is 10.6. The number of aromatic nitrogens is 1. The first-order valence-electron chi connectivity index (χ1n) is 8.08. The summed E-state index contributed by atoms with van der Waals surface area (Å²) in [5.74, 6) is 0.130. The molecule has 130 valence electrons. The van der Waals surface area contributed by atoms with Gasteiger partial charge in [0.2, 0.25) is 0 Å². The number of carbonyl (C=O) groups excluding carboxylic acids is 1. The van der Waals surface area contributed by atoms with Crippen LogP contribution in [-0.4, -0.2) is 33.8 Å². The minimum atomic E-state index is -0.0387. The first kappa shape index (κ1) is 17.4. The summed E-state index contributed by atoms with van der Waals surface area (Å²) in [5.41, 5.74) is 3.59. The minimum Gasteiger partial charge on any atom is -0.508 e. The standard InChI is InChI=1S/C20H22N2O2S/c1-13-19(17-11-15(23)8-9-18(17)22(13)3)20(24)21(2)12-14-6-5-7-16(10-14)25-4/h5-11,23H,12H2,1-4H3. The molecule has 1 amide bonds. The van der Waals surface area contributed by atoms with Crippen LogP contribution in [0.4, 0.5) is 0 Å². The molecule has 4 nitrogen and oxygen atoms in total.